The maximum Gasteiger partial charge on any atom is 0.127 e. The predicted octanol–water partition coefficient (Wildman–Crippen LogP) is 5.11. The van der Waals surface area contributed by atoms with Crippen LogP contribution >= 0.6 is 43.5 Å². The number of nitrogens with one attached hydrogen (secondary N) is 1. The van der Waals surface area contributed by atoms with Crippen LogP contribution in [0.5, 0.6) is 5.75 Å². The summed E-state index contributed by atoms with van der Waals surface area (Å²) in [6.45, 7) is 0.746. The molecule has 1 atom stereocenters. The van der Waals surface area contributed by atoms with Crippen LogP contribution in [0.1, 0.15) is 22.7 Å². The van der Waals surface area contributed by atoms with E-state index in [0.29, 0.717) is 5.02 Å². The first kappa shape index (κ1) is 15.3. The quantitative estimate of drug-likeness (QED) is 0.729. The molecule has 2 aromatic rings. The number of fused-ring (bicyclic) bond motifs is 1. The molecule has 0 bridgehead atoms. The van der Waals surface area contributed by atoms with Crippen molar-refractivity contribution in [3.05, 3.63) is 61.0 Å². The van der Waals surface area contributed by atoms with Crippen molar-refractivity contribution in [3.63, 3.8) is 0 Å². The van der Waals surface area contributed by atoms with E-state index in [0.717, 1.165) is 38.8 Å². The number of hydrogen-bond donors (Lipinski definition) is 1. The van der Waals surface area contributed by atoms with Gasteiger partial charge < -0.3 is 10.1 Å². The van der Waals surface area contributed by atoms with Crippen molar-refractivity contribution in [2.45, 2.75) is 12.5 Å². The smallest absolute Gasteiger partial charge is 0.127 e. The second-order valence-corrected chi connectivity index (χ2v) is 7.15. The lowest BCUT2D eigenvalue weighted by Crippen LogP contribution is -2.18. The molecular formula is C16H14Br2ClNO. The second-order valence-electron chi connectivity index (χ2n) is 4.98. The summed E-state index contributed by atoms with van der Waals surface area (Å²) in [7, 11) is 1.95. The summed E-state index contributed by atoms with van der Waals surface area (Å²) in [4.78, 5) is 0. The van der Waals surface area contributed by atoms with E-state index in [1.54, 1.807) is 0 Å². The molecule has 0 radical (unpaired) electrons. The maximum absolute atomic E-state index is 6.24. The van der Waals surface area contributed by atoms with E-state index in [1.807, 2.05) is 19.2 Å². The van der Waals surface area contributed by atoms with Gasteiger partial charge >= 0.3 is 0 Å². The van der Waals surface area contributed by atoms with Crippen LogP contribution in [0.15, 0.2) is 39.3 Å². The summed E-state index contributed by atoms with van der Waals surface area (Å²) < 4.78 is 7.82. The van der Waals surface area contributed by atoms with Gasteiger partial charge in [-0.2, -0.15) is 0 Å². The predicted molar refractivity (Wildman–Crippen MR) is 93.4 cm³/mol. The van der Waals surface area contributed by atoms with Gasteiger partial charge in [-0.15, -0.1) is 0 Å². The lowest BCUT2D eigenvalue weighted by Gasteiger charge is -2.20. The van der Waals surface area contributed by atoms with Gasteiger partial charge in [0.2, 0.25) is 0 Å². The van der Waals surface area contributed by atoms with E-state index < -0.39 is 0 Å². The molecule has 0 amide bonds. The fraction of sp³-hybridized carbons (Fsp3) is 0.250. The Bertz CT molecular complexity index is 690. The maximum atomic E-state index is 6.24. The summed E-state index contributed by atoms with van der Waals surface area (Å²) in [5.74, 6) is 0.997. The van der Waals surface area contributed by atoms with Gasteiger partial charge in [0.15, 0.2) is 0 Å². The molecule has 0 saturated carbocycles. The van der Waals surface area contributed by atoms with Gasteiger partial charge in [-0.1, -0.05) is 33.6 Å². The van der Waals surface area contributed by atoms with Gasteiger partial charge in [0, 0.05) is 20.9 Å². The standard InChI is InChI=1S/C16H14Br2ClNO/c1-20-15(9-2-3-13(18)14(19)7-9)12-8-11(17)6-10-4-5-21-16(10)12/h2-3,6-8,15,20H,4-5H2,1H3. The van der Waals surface area contributed by atoms with Gasteiger partial charge in [-0.05, 0) is 58.4 Å². The Kier molecular flexibility index (Phi) is 4.60. The summed E-state index contributed by atoms with van der Waals surface area (Å²) in [6, 6.07) is 10.3. The average molecular weight is 432 g/mol. The number of benzene rings is 2. The van der Waals surface area contributed by atoms with Crippen molar-refractivity contribution >= 4 is 43.5 Å². The third kappa shape index (κ3) is 3.00. The highest BCUT2D eigenvalue weighted by Crippen LogP contribution is 2.39. The zero-order chi connectivity index (χ0) is 15.0. The molecule has 0 aromatic heterocycles. The molecule has 0 fully saturated rings. The van der Waals surface area contributed by atoms with Crippen LogP contribution in [0, 0.1) is 0 Å². The van der Waals surface area contributed by atoms with Crippen molar-refractivity contribution in [3.8, 4) is 5.75 Å². The van der Waals surface area contributed by atoms with Gasteiger partial charge in [0.1, 0.15) is 5.75 Å². The van der Waals surface area contributed by atoms with E-state index in [1.165, 1.54) is 5.56 Å². The third-order valence-electron chi connectivity index (χ3n) is 3.65. The molecule has 1 aliphatic rings. The van der Waals surface area contributed by atoms with Gasteiger partial charge in [-0.3, -0.25) is 0 Å². The minimum absolute atomic E-state index is 0.0416. The minimum Gasteiger partial charge on any atom is -0.493 e. The Morgan fingerprint density at radius 1 is 1.24 bits per heavy atom. The minimum atomic E-state index is 0.0416. The first-order chi connectivity index (χ1) is 10.1. The molecule has 2 nitrogen and oxygen atoms in total. The van der Waals surface area contributed by atoms with Crippen LogP contribution in [0.4, 0.5) is 0 Å². The van der Waals surface area contributed by atoms with Crippen LogP contribution in [-0.2, 0) is 6.42 Å². The summed E-state index contributed by atoms with van der Waals surface area (Å²) >= 11 is 13.3. The topological polar surface area (TPSA) is 21.3 Å². The molecule has 2 aromatic carbocycles. The Morgan fingerprint density at radius 2 is 2.05 bits per heavy atom. The molecule has 1 unspecified atom stereocenters. The Morgan fingerprint density at radius 3 is 2.76 bits per heavy atom. The van der Waals surface area contributed by atoms with E-state index in [9.17, 15) is 0 Å². The molecule has 3 rings (SSSR count). The van der Waals surface area contributed by atoms with E-state index in [4.69, 9.17) is 16.3 Å². The molecule has 0 spiro atoms. The highest BCUT2D eigenvalue weighted by molar-refractivity contribution is 9.10. The second kappa shape index (κ2) is 6.29. The van der Waals surface area contributed by atoms with Crippen LogP contribution in [0.2, 0.25) is 5.02 Å². The summed E-state index contributed by atoms with van der Waals surface area (Å²) in [6.07, 6.45) is 0.958. The monoisotopic (exact) mass is 429 g/mol. The number of hydrogen-bond acceptors (Lipinski definition) is 2. The fourth-order valence-corrected chi connectivity index (χ4v) is 3.66. The lowest BCUT2D eigenvalue weighted by molar-refractivity contribution is 0.351. The van der Waals surface area contributed by atoms with Crippen molar-refractivity contribution in [2.24, 2.45) is 0 Å². The molecule has 110 valence electrons. The fourth-order valence-electron chi connectivity index (χ4n) is 2.71. The highest BCUT2D eigenvalue weighted by Gasteiger charge is 2.24. The van der Waals surface area contributed by atoms with E-state index >= 15 is 0 Å². The molecule has 5 heteroatoms. The van der Waals surface area contributed by atoms with E-state index in [-0.39, 0.29) is 6.04 Å². The normalized spacial score (nSPS) is 14.7. The SMILES string of the molecule is CNC(c1ccc(Br)c(Cl)c1)c1cc(Br)cc2c1OCC2. The molecular weight excluding hydrogens is 417 g/mol. The van der Waals surface area contributed by atoms with Crippen molar-refractivity contribution < 1.29 is 4.74 Å². The Hall–Kier alpha value is -0.550. The molecule has 0 saturated heterocycles. The molecule has 0 aliphatic carbocycles. The Labute approximate surface area is 146 Å². The molecule has 1 aliphatic heterocycles. The van der Waals surface area contributed by atoms with E-state index in [2.05, 4.69) is 55.4 Å². The first-order valence-electron chi connectivity index (χ1n) is 6.67. The van der Waals surface area contributed by atoms with Gasteiger partial charge in [-0.25, -0.2) is 0 Å². The number of ether oxygens (including phenoxy) is 1. The zero-order valence-corrected chi connectivity index (χ0v) is 15.3. The van der Waals surface area contributed by atoms with Gasteiger partial charge in [0.05, 0.1) is 17.7 Å². The summed E-state index contributed by atoms with van der Waals surface area (Å²) in [5.41, 5.74) is 3.50. The lowest BCUT2D eigenvalue weighted by atomic mass is 9.96. The third-order valence-corrected chi connectivity index (χ3v) is 5.34. The van der Waals surface area contributed by atoms with Crippen LogP contribution < -0.4 is 10.1 Å². The van der Waals surface area contributed by atoms with Crippen LogP contribution in [0.3, 0.4) is 0 Å². The van der Waals surface area contributed by atoms with Crippen molar-refractivity contribution in [1.82, 2.24) is 5.32 Å². The molecule has 1 N–H and O–H groups in total. The Balaban J connectivity index is 2.10. The largest absolute Gasteiger partial charge is 0.493 e. The first-order valence-corrected chi connectivity index (χ1v) is 8.64. The zero-order valence-electron chi connectivity index (χ0n) is 11.4. The molecule has 21 heavy (non-hydrogen) atoms. The van der Waals surface area contributed by atoms with Crippen molar-refractivity contribution in [2.75, 3.05) is 13.7 Å². The average Bonchev–Trinajstić information content (AvgIpc) is 2.91. The summed E-state index contributed by atoms with van der Waals surface area (Å²) in [5, 5.41) is 4.07. The number of halogens is 3. The van der Waals surface area contributed by atoms with Crippen LogP contribution in [0.25, 0.3) is 0 Å². The van der Waals surface area contributed by atoms with Crippen LogP contribution in [-0.4, -0.2) is 13.7 Å². The van der Waals surface area contributed by atoms with Crippen molar-refractivity contribution in [1.29, 1.82) is 0 Å². The molecule has 1 heterocycles. The highest BCUT2D eigenvalue weighted by atomic mass is 79.9. The number of rotatable bonds is 3. The van der Waals surface area contributed by atoms with Gasteiger partial charge in [0.25, 0.3) is 0 Å².